The summed E-state index contributed by atoms with van der Waals surface area (Å²) in [5.41, 5.74) is 1.77. The SMILES string of the molecule is Cl.Cn1cc(CN2CCNCC23CCCCC3)cn1. The second-order valence-electron chi connectivity index (χ2n) is 5.91. The Morgan fingerprint density at radius 3 is 2.79 bits per heavy atom. The topological polar surface area (TPSA) is 33.1 Å². The monoisotopic (exact) mass is 284 g/mol. The fourth-order valence-electron chi connectivity index (χ4n) is 3.61. The molecule has 0 amide bonds. The van der Waals surface area contributed by atoms with E-state index >= 15 is 0 Å². The summed E-state index contributed by atoms with van der Waals surface area (Å²) in [6.45, 7) is 4.54. The average Bonchev–Trinajstić information content (AvgIpc) is 2.79. The molecule has 0 bridgehead atoms. The van der Waals surface area contributed by atoms with Gasteiger partial charge in [0.2, 0.25) is 0 Å². The highest BCUT2D eigenvalue weighted by Crippen LogP contribution is 2.35. The summed E-state index contributed by atoms with van der Waals surface area (Å²) in [4.78, 5) is 2.71. The van der Waals surface area contributed by atoms with E-state index in [2.05, 4.69) is 21.5 Å². The third-order valence-electron chi connectivity index (χ3n) is 4.60. The molecule has 0 radical (unpaired) electrons. The molecule has 3 rings (SSSR count). The van der Waals surface area contributed by atoms with Crippen molar-refractivity contribution in [3.05, 3.63) is 18.0 Å². The fraction of sp³-hybridized carbons (Fsp3) is 0.786. The first-order valence-corrected chi connectivity index (χ1v) is 7.22. The van der Waals surface area contributed by atoms with Crippen LogP contribution in [0.3, 0.4) is 0 Å². The zero-order chi connectivity index (χ0) is 12.4. The number of hydrogen-bond donors (Lipinski definition) is 1. The maximum absolute atomic E-state index is 4.29. The fourth-order valence-corrected chi connectivity index (χ4v) is 3.61. The van der Waals surface area contributed by atoms with Gasteiger partial charge >= 0.3 is 0 Å². The molecule has 1 aromatic heterocycles. The highest BCUT2D eigenvalue weighted by molar-refractivity contribution is 5.85. The summed E-state index contributed by atoms with van der Waals surface area (Å²) in [7, 11) is 2.00. The third kappa shape index (κ3) is 3.12. The highest BCUT2D eigenvalue weighted by atomic mass is 35.5. The van der Waals surface area contributed by atoms with Gasteiger partial charge < -0.3 is 5.32 Å². The summed E-state index contributed by atoms with van der Waals surface area (Å²) in [6, 6.07) is 0. The van der Waals surface area contributed by atoms with E-state index in [0.717, 1.165) is 13.1 Å². The lowest BCUT2D eigenvalue weighted by Crippen LogP contribution is -2.61. The minimum atomic E-state index is 0. The molecule has 1 spiro atoms. The second kappa shape index (κ2) is 6.25. The minimum absolute atomic E-state index is 0. The van der Waals surface area contributed by atoms with Crippen LogP contribution in [-0.2, 0) is 13.6 Å². The Bertz CT molecular complexity index is 390. The Morgan fingerprint density at radius 1 is 1.32 bits per heavy atom. The number of hydrogen-bond acceptors (Lipinski definition) is 3. The van der Waals surface area contributed by atoms with Gasteiger partial charge in [0.15, 0.2) is 0 Å². The maximum atomic E-state index is 4.29. The van der Waals surface area contributed by atoms with Crippen LogP contribution >= 0.6 is 12.4 Å². The van der Waals surface area contributed by atoms with E-state index in [-0.39, 0.29) is 12.4 Å². The number of nitrogens with zero attached hydrogens (tertiary/aromatic N) is 3. The third-order valence-corrected chi connectivity index (χ3v) is 4.60. The van der Waals surface area contributed by atoms with Crippen LogP contribution in [0.4, 0.5) is 0 Å². The summed E-state index contributed by atoms with van der Waals surface area (Å²) < 4.78 is 1.91. The van der Waals surface area contributed by atoms with Gasteiger partial charge in [-0.05, 0) is 12.8 Å². The van der Waals surface area contributed by atoms with Gasteiger partial charge in [-0.3, -0.25) is 9.58 Å². The van der Waals surface area contributed by atoms with Gasteiger partial charge in [-0.25, -0.2) is 0 Å². The Hall–Kier alpha value is -0.580. The predicted octanol–water partition coefficient (Wildman–Crippen LogP) is 1.95. The molecule has 2 fully saturated rings. The van der Waals surface area contributed by atoms with Crippen LogP contribution in [0, 0.1) is 0 Å². The molecule has 108 valence electrons. The molecular weight excluding hydrogens is 260 g/mol. The molecule has 0 aromatic carbocycles. The van der Waals surface area contributed by atoms with E-state index in [1.807, 2.05) is 17.9 Å². The lowest BCUT2D eigenvalue weighted by atomic mass is 9.79. The summed E-state index contributed by atoms with van der Waals surface area (Å²) in [6.07, 6.45) is 11.1. The predicted molar refractivity (Wildman–Crippen MR) is 79.6 cm³/mol. The number of rotatable bonds is 2. The van der Waals surface area contributed by atoms with Gasteiger partial charge in [-0.15, -0.1) is 12.4 Å². The first-order chi connectivity index (χ1) is 8.78. The van der Waals surface area contributed by atoms with E-state index in [0.29, 0.717) is 5.54 Å². The van der Waals surface area contributed by atoms with Crippen LogP contribution in [-0.4, -0.2) is 39.9 Å². The molecule has 1 aliphatic carbocycles. The van der Waals surface area contributed by atoms with Crippen molar-refractivity contribution in [2.75, 3.05) is 19.6 Å². The summed E-state index contributed by atoms with van der Waals surface area (Å²) in [5, 5.41) is 7.89. The molecule has 0 unspecified atom stereocenters. The Kier molecular flexibility index (Phi) is 4.87. The van der Waals surface area contributed by atoms with Crippen LogP contribution < -0.4 is 5.32 Å². The van der Waals surface area contributed by atoms with Crippen molar-refractivity contribution in [3.63, 3.8) is 0 Å². The van der Waals surface area contributed by atoms with Gasteiger partial charge in [0.05, 0.1) is 6.20 Å². The standard InChI is InChI=1S/C14H24N4.ClH/c1-17-10-13(9-16-17)11-18-8-7-15-12-14(18)5-3-2-4-6-14;/h9-10,15H,2-8,11-12H2,1H3;1H. The first-order valence-electron chi connectivity index (χ1n) is 7.22. The number of aromatic nitrogens is 2. The minimum Gasteiger partial charge on any atom is -0.314 e. The Labute approximate surface area is 122 Å². The smallest absolute Gasteiger partial charge is 0.0534 e. The summed E-state index contributed by atoms with van der Waals surface area (Å²) in [5.74, 6) is 0. The molecule has 19 heavy (non-hydrogen) atoms. The lowest BCUT2D eigenvalue weighted by molar-refractivity contribution is 0.0209. The van der Waals surface area contributed by atoms with Crippen LogP contribution in [0.15, 0.2) is 12.4 Å². The first kappa shape index (κ1) is 14.8. The number of nitrogens with one attached hydrogen (secondary N) is 1. The van der Waals surface area contributed by atoms with Gasteiger partial charge in [0.25, 0.3) is 0 Å². The van der Waals surface area contributed by atoms with Crippen molar-refractivity contribution in [1.82, 2.24) is 20.0 Å². The van der Waals surface area contributed by atoms with Crippen LogP contribution in [0.2, 0.25) is 0 Å². The van der Waals surface area contributed by atoms with Gasteiger partial charge in [-0.2, -0.15) is 5.10 Å². The average molecular weight is 285 g/mol. The van der Waals surface area contributed by atoms with Crippen molar-refractivity contribution in [3.8, 4) is 0 Å². The van der Waals surface area contributed by atoms with Crippen molar-refractivity contribution in [1.29, 1.82) is 0 Å². The zero-order valence-corrected chi connectivity index (χ0v) is 12.6. The van der Waals surface area contributed by atoms with Crippen molar-refractivity contribution < 1.29 is 0 Å². The largest absolute Gasteiger partial charge is 0.314 e. The van der Waals surface area contributed by atoms with E-state index < -0.39 is 0 Å². The normalized spacial score (nSPS) is 23.2. The van der Waals surface area contributed by atoms with Crippen molar-refractivity contribution >= 4 is 12.4 Å². The number of halogens is 1. The molecule has 1 saturated heterocycles. The van der Waals surface area contributed by atoms with Crippen LogP contribution in [0.25, 0.3) is 0 Å². The number of aryl methyl sites for hydroxylation is 1. The highest BCUT2D eigenvalue weighted by Gasteiger charge is 2.39. The molecule has 0 atom stereocenters. The molecule has 1 aliphatic heterocycles. The van der Waals surface area contributed by atoms with Gasteiger partial charge in [0.1, 0.15) is 0 Å². The molecule has 1 saturated carbocycles. The molecule has 4 nitrogen and oxygen atoms in total. The second-order valence-corrected chi connectivity index (χ2v) is 5.91. The molecule has 2 heterocycles. The number of piperazine rings is 1. The van der Waals surface area contributed by atoms with Crippen molar-refractivity contribution in [2.45, 2.75) is 44.2 Å². The quantitative estimate of drug-likeness (QED) is 0.901. The van der Waals surface area contributed by atoms with E-state index in [9.17, 15) is 0 Å². The molecule has 5 heteroatoms. The molecule has 1 N–H and O–H groups in total. The van der Waals surface area contributed by atoms with Crippen molar-refractivity contribution in [2.24, 2.45) is 7.05 Å². The van der Waals surface area contributed by atoms with Gasteiger partial charge in [0, 0.05) is 50.5 Å². The Morgan fingerprint density at radius 2 is 2.11 bits per heavy atom. The van der Waals surface area contributed by atoms with E-state index in [1.54, 1.807) is 0 Å². The lowest BCUT2D eigenvalue weighted by Gasteiger charge is -2.49. The Balaban J connectivity index is 0.00000133. The molecule has 2 aliphatic rings. The molecular formula is C14H25ClN4. The van der Waals surface area contributed by atoms with Crippen LogP contribution in [0.5, 0.6) is 0 Å². The zero-order valence-electron chi connectivity index (χ0n) is 11.8. The molecule has 1 aromatic rings. The van der Waals surface area contributed by atoms with Gasteiger partial charge in [-0.1, -0.05) is 19.3 Å². The van der Waals surface area contributed by atoms with E-state index in [1.165, 1.54) is 50.8 Å². The maximum Gasteiger partial charge on any atom is 0.0534 e. The summed E-state index contributed by atoms with van der Waals surface area (Å²) >= 11 is 0. The van der Waals surface area contributed by atoms with E-state index in [4.69, 9.17) is 0 Å². The van der Waals surface area contributed by atoms with Crippen LogP contribution in [0.1, 0.15) is 37.7 Å².